The van der Waals surface area contributed by atoms with Crippen molar-refractivity contribution in [2.75, 3.05) is 0 Å². The molecule has 1 saturated carbocycles. The number of rotatable bonds is 7. The molecule has 1 aromatic carbocycles. The highest BCUT2D eigenvalue weighted by Crippen LogP contribution is 2.28. The van der Waals surface area contributed by atoms with E-state index in [9.17, 15) is 8.78 Å². The number of halogens is 2. The lowest BCUT2D eigenvalue weighted by molar-refractivity contribution is -0.0505. The van der Waals surface area contributed by atoms with E-state index in [1.54, 1.807) is 12.1 Å². The molecule has 4 heteroatoms. The number of nitrogens with one attached hydrogen (secondary N) is 1. The van der Waals surface area contributed by atoms with E-state index in [-0.39, 0.29) is 5.75 Å². The van der Waals surface area contributed by atoms with Crippen molar-refractivity contribution < 1.29 is 13.5 Å². The Balaban J connectivity index is 1.94. The van der Waals surface area contributed by atoms with E-state index in [0.717, 1.165) is 12.0 Å². The first kappa shape index (κ1) is 16.2. The van der Waals surface area contributed by atoms with Crippen molar-refractivity contribution in [2.24, 2.45) is 5.92 Å². The monoisotopic (exact) mass is 297 g/mol. The minimum Gasteiger partial charge on any atom is -0.434 e. The van der Waals surface area contributed by atoms with Gasteiger partial charge in [0.05, 0.1) is 0 Å². The van der Waals surface area contributed by atoms with Gasteiger partial charge in [-0.3, -0.25) is 0 Å². The van der Waals surface area contributed by atoms with Crippen LogP contribution in [0.25, 0.3) is 0 Å². The van der Waals surface area contributed by atoms with E-state index in [0.29, 0.717) is 18.5 Å². The molecule has 1 aliphatic rings. The molecule has 0 aliphatic heterocycles. The maximum Gasteiger partial charge on any atom is 0.387 e. The summed E-state index contributed by atoms with van der Waals surface area (Å²) < 4.78 is 29.4. The lowest BCUT2D eigenvalue weighted by atomic mass is 9.83. The number of benzene rings is 1. The highest BCUT2D eigenvalue weighted by molar-refractivity contribution is 5.33. The first-order valence-electron chi connectivity index (χ1n) is 7.96. The molecule has 1 aromatic rings. The van der Waals surface area contributed by atoms with Crippen molar-refractivity contribution in [1.29, 1.82) is 0 Å². The third kappa shape index (κ3) is 4.95. The van der Waals surface area contributed by atoms with Gasteiger partial charge in [-0.05, 0) is 31.2 Å². The molecular formula is C17H25F2NO. The van der Waals surface area contributed by atoms with Crippen molar-refractivity contribution in [1.82, 2.24) is 5.32 Å². The second kappa shape index (κ2) is 8.32. The first-order valence-corrected chi connectivity index (χ1v) is 7.96. The van der Waals surface area contributed by atoms with E-state index < -0.39 is 6.61 Å². The van der Waals surface area contributed by atoms with Gasteiger partial charge in [0.2, 0.25) is 0 Å². The second-order valence-electron chi connectivity index (χ2n) is 5.78. The molecule has 2 rings (SSSR count). The summed E-state index contributed by atoms with van der Waals surface area (Å²) in [6.07, 6.45) is 7.60. The van der Waals surface area contributed by atoms with Crippen LogP contribution < -0.4 is 10.1 Å². The number of hydrogen-bond donors (Lipinski definition) is 1. The molecule has 1 atom stereocenters. The lowest BCUT2D eigenvalue weighted by Crippen LogP contribution is -2.36. The number of ether oxygens (including phenoxy) is 1. The van der Waals surface area contributed by atoms with Crippen LogP contribution in [0.5, 0.6) is 5.75 Å². The fourth-order valence-corrected chi connectivity index (χ4v) is 3.28. The van der Waals surface area contributed by atoms with Crippen LogP contribution in [0.4, 0.5) is 8.78 Å². The van der Waals surface area contributed by atoms with Crippen LogP contribution in [0.2, 0.25) is 0 Å². The van der Waals surface area contributed by atoms with Gasteiger partial charge in [-0.25, -0.2) is 0 Å². The SMILES string of the molecule is CCC(NCc1ccccc1OC(F)F)C1CCCCC1. The summed E-state index contributed by atoms with van der Waals surface area (Å²) in [7, 11) is 0. The minimum atomic E-state index is -2.77. The third-order valence-electron chi connectivity index (χ3n) is 4.40. The van der Waals surface area contributed by atoms with E-state index in [1.807, 2.05) is 12.1 Å². The summed E-state index contributed by atoms with van der Waals surface area (Å²) in [5.74, 6) is 0.991. The molecule has 0 saturated heterocycles. The fourth-order valence-electron chi connectivity index (χ4n) is 3.28. The van der Waals surface area contributed by atoms with Gasteiger partial charge < -0.3 is 10.1 Å². The highest BCUT2D eigenvalue weighted by atomic mass is 19.3. The minimum absolute atomic E-state index is 0.276. The highest BCUT2D eigenvalue weighted by Gasteiger charge is 2.22. The zero-order chi connectivity index (χ0) is 15.1. The Morgan fingerprint density at radius 2 is 1.90 bits per heavy atom. The first-order chi connectivity index (χ1) is 10.2. The van der Waals surface area contributed by atoms with Crippen LogP contribution in [0.3, 0.4) is 0 Å². The fraction of sp³-hybridized carbons (Fsp3) is 0.647. The van der Waals surface area contributed by atoms with Gasteiger partial charge in [0.25, 0.3) is 0 Å². The predicted octanol–water partition coefficient (Wildman–Crippen LogP) is 4.74. The summed E-state index contributed by atoms with van der Waals surface area (Å²) in [6, 6.07) is 7.49. The predicted molar refractivity (Wildman–Crippen MR) is 80.6 cm³/mol. The Labute approximate surface area is 125 Å². The van der Waals surface area contributed by atoms with Crippen LogP contribution in [0.1, 0.15) is 51.0 Å². The summed E-state index contributed by atoms with van der Waals surface area (Å²) >= 11 is 0. The topological polar surface area (TPSA) is 21.3 Å². The number of para-hydroxylation sites is 1. The molecule has 1 fully saturated rings. The van der Waals surface area contributed by atoms with Gasteiger partial charge in [0.15, 0.2) is 0 Å². The Morgan fingerprint density at radius 1 is 1.19 bits per heavy atom. The van der Waals surface area contributed by atoms with Crippen LogP contribution in [0.15, 0.2) is 24.3 Å². The van der Waals surface area contributed by atoms with Crippen molar-refractivity contribution in [2.45, 2.75) is 64.6 Å². The number of alkyl halides is 2. The molecule has 2 nitrogen and oxygen atoms in total. The summed E-state index contributed by atoms with van der Waals surface area (Å²) in [4.78, 5) is 0. The molecule has 1 N–H and O–H groups in total. The van der Waals surface area contributed by atoms with Gasteiger partial charge in [0.1, 0.15) is 5.75 Å². The van der Waals surface area contributed by atoms with Crippen molar-refractivity contribution in [3.63, 3.8) is 0 Å². The standard InChI is InChI=1S/C17H25F2NO/c1-2-15(13-8-4-3-5-9-13)20-12-14-10-6-7-11-16(14)21-17(18)19/h6-7,10-11,13,15,17,20H,2-5,8-9,12H2,1H3. The Bertz CT molecular complexity index is 419. The van der Waals surface area contributed by atoms with E-state index >= 15 is 0 Å². The average Bonchev–Trinajstić information content (AvgIpc) is 2.50. The zero-order valence-electron chi connectivity index (χ0n) is 12.7. The van der Waals surface area contributed by atoms with E-state index in [4.69, 9.17) is 0 Å². The average molecular weight is 297 g/mol. The molecule has 0 aromatic heterocycles. The molecule has 0 bridgehead atoms. The quantitative estimate of drug-likeness (QED) is 0.785. The molecule has 0 spiro atoms. The lowest BCUT2D eigenvalue weighted by Gasteiger charge is -2.30. The second-order valence-corrected chi connectivity index (χ2v) is 5.78. The molecule has 118 valence electrons. The maximum absolute atomic E-state index is 12.4. The van der Waals surface area contributed by atoms with Crippen molar-refractivity contribution in [3.05, 3.63) is 29.8 Å². The maximum atomic E-state index is 12.4. The molecule has 0 heterocycles. The molecule has 21 heavy (non-hydrogen) atoms. The van der Waals surface area contributed by atoms with Crippen molar-refractivity contribution in [3.8, 4) is 5.75 Å². The molecular weight excluding hydrogens is 272 g/mol. The molecule has 1 unspecified atom stereocenters. The van der Waals surface area contributed by atoms with Crippen LogP contribution in [0, 0.1) is 5.92 Å². The Kier molecular flexibility index (Phi) is 6.43. The molecule has 1 aliphatic carbocycles. The van der Waals surface area contributed by atoms with E-state index in [1.165, 1.54) is 32.1 Å². The molecule has 0 radical (unpaired) electrons. The van der Waals surface area contributed by atoms with Gasteiger partial charge in [-0.2, -0.15) is 8.78 Å². The Morgan fingerprint density at radius 3 is 2.57 bits per heavy atom. The van der Waals surface area contributed by atoms with Gasteiger partial charge >= 0.3 is 6.61 Å². The van der Waals surface area contributed by atoms with Gasteiger partial charge in [0, 0.05) is 18.2 Å². The van der Waals surface area contributed by atoms with Crippen molar-refractivity contribution >= 4 is 0 Å². The normalized spacial score (nSPS) is 17.9. The summed E-state index contributed by atoms with van der Waals surface area (Å²) in [5.41, 5.74) is 0.798. The smallest absolute Gasteiger partial charge is 0.387 e. The third-order valence-corrected chi connectivity index (χ3v) is 4.40. The van der Waals surface area contributed by atoms with E-state index in [2.05, 4.69) is 17.0 Å². The van der Waals surface area contributed by atoms with Crippen LogP contribution in [-0.2, 0) is 6.54 Å². The Hall–Kier alpha value is -1.16. The number of hydrogen-bond acceptors (Lipinski definition) is 2. The largest absolute Gasteiger partial charge is 0.434 e. The zero-order valence-corrected chi connectivity index (χ0v) is 12.7. The van der Waals surface area contributed by atoms with Gasteiger partial charge in [-0.15, -0.1) is 0 Å². The van der Waals surface area contributed by atoms with Gasteiger partial charge in [-0.1, -0.05) is 44.4 Å². The molecule has 0 amide bonds. The summed E-state index contributed by atoms with van der Waals surface area (Å²) in [6.45, 7) is -0.00221. The van der Waals surface area contributed by atoms with Crippen LogP contribution in [-0.4, -0.2) is 12.7 Å². The summed E-state index contributed by atoms with van der Waals surface area (Å²) in [5, 5.41) is 3.54. The van der Waals surface area contributed by atoms with Crippen LogP contribution >= 0.6 is 0 Å².